The zero-order valence-corrected chi connectivity index (χ0v) is 12.7. The average molecular weight is 253 g/mol. The molecule has 0 aromatic rings. The molecule has 1 heterocycles. The molecule has 1 aliphatic carbocycles. The highest BCUT2D eigenvalue weighted by Gasteiger charge is 2.47. The van der Waals surface area contributed by atoms with Gasteiger partial charge >= 0.3 is 0 Å². The van der Waals surface area contributed by atoms with Crippen molar-refractivity contribution in [3.05, 3.63) is 0 Å². The minimum atomic E-state index is 0.309. The first kappa shape index (κ1) is 14.3. The molecule has 3 nitrogen and oxygen atoms in total. The van der Waals surface area contributed by atoms with Crippen LogP contribution < -0.4 is 5.73 Å². The molecule has 0 amide bonds. The van der Waals surface area contributed by atoms with Crippen molar-refractivity contribution < 1.29 is 0 Å². The third-order valence-corrected chi connectivity index (χ3v) is 5.16. The highest BCUT2D eigenvalue weighted by molar-refractivity contribution is 5.04. The summed E-state index contributed by atoms with van der Waals surface area (Å²) in [6.45, 7) is 14.9. The van der Waals surface area contributed by atoms with Gasteiger partial charge in [-0.25, -0.2) is 0 Å². The molecule has 1 aliphatic heterocycles. The van der Waals surface area contributed by atoms with Crippen LogP contribution in [0.5, 0.6) is 0 Å². The summed E-state index contributed by atoms with van der Waals surface area (Å²) in [6, 6.07) is 0. The molecular formula is C15H31N3. The van der Waals surface area contributed by atoms with Crippen molar-refractivity contribution >= 4 is 0 Å². The summed E-state index contributed by atoms with van der Waals surface area (Å²) in [5.74, 6) is 0.869. The highest BCUT2D eigenvalue weighted by atomic mass is 15.3. The maximum absolute atomic E-state index is 6.16. The van der Waals surface area contributed by atoms with Crippen LogP contribution in [0.3, 0.4) is 0 Å². The Morgan fingerprint density at radius 3 is 1.83 bits per heavy atom. The second-order valence-electron chi connectivity index (χ2n) is 7.08. The molecule has 1 saturated carbocycles. The smallest absolute Gasteiger partial charge is 0.0358 e. The van der Waals surface area contributed by atoms with Crippen LogP contribution in [0.2, 0.25) is 0 Å². The SMILES string of the molecule is CCC(CN)(C1CC1)N1CCN(C(C)(C)C)CC1. The summed E-state index contributed by atoms with van der Waals surface area (Å²) in [5.41, 5.74) is 6.77. The van der Waals surface area contributed by atoms with Crippen molar-refractivity contribution in [2.45, 2.75) is 58.0 Å². The fraction of sp³-hybridized carbons (Fsp3) is 1.00. The number of rotatable bonds is 4. The van der Waals surface area contributed by atoms with Crippen molar-refractivity contribution in [3.63, 3.8) is 0 Å². The molecule has 0 aromatic heterocycles. The van der Waals surface area contributed by atoms with Crippen molar-refractivity contribution in [2.24, 2.45) is 11.7 Å². The quantitative estimate of drug-likeness (QED) is 0.831. The summed E-state index contributed by atoms with van der Waals surface area (Å²) < 4.78 is 0. The number of nitrogens with two attached hydrogens (primary N) is 1. The number of hydrogen-bond acceptors (Lipinski definition) is 3. The number of nitrogens with zero attached hydrogens (tertiary/aromatic N) is 2. The van der Waals surface area contributed by atoms with Crippen molar-refractivity contribution in [3.8, 4) is 0 Å². The van der Waals surface area contributed by atoms with Gasteiger partial charge in [-0.05, 0) is 46.0 Å². The standard InChI is InChI=1S/C15H31N3/c1-5-15(12-16,13-6-7-13)18-10-8-17(9-11-18)14(2,3)4/h13H,5-12,16H2,1-4H3. The summed E-state index contributed by atoms with van der Waals surface area (Å²) in [7, 11) is 0. The number of hydrogen-bond donors (Lipinski definition) is 1. The molecule has 0 bridgehead atoms. The van der Waals surface area contributed by atoms with Gasteiger partial charge in [0.05, 0.1) is 0 Å². The Hall–Kier alpha value is -0.120. The van der Waals surface area contributed by atoms with E-state index in [2.05, 4.69) is 37.5 Å². The van der Waals surface area contributed by atoms with Gasteiger partial charge in [0.15, 0.2) is 0 Å². The lowest BCUT2D eigenvalue weighted by molar-refractivity contribution is -0.00783. The maximum Gasteiger partial charge on any atom is 0.0358 e. The zero-order chi connectivity index (χ0) is 13.4. The third kappa shape index (κ3) is 2.59. The predicted molar refractivity (Wildman–Crippen MR) is 77.7 cm³/mol. The molecule has 0 spiro atoms. The van der Waals surface area contributed by atoms with E-state index in [-0.39, 0.29) is 0 Å². The van der Waals surface area contributed by atoms with Crippen molar-refractivity contribution in [2.75, 3.05) is 32.7 Å². The molecule has 2 N–H and O–H groups in total. The van der Waals surface area contributed by atoms with E-state index in [4.69, 9.17) is 5.73 Å². The van der Waals surface area contributed by atoms with Gasteiger partial charge in [0.2, 0.25) is 0 Å². The molecule has 3 heteroatoms. The lowest BCUT2D eigenvalue weighted by Crippen LogP contribution is -2.63. The molecule has 1 saturated heterocycles. The van der Waals surface area contributed by atoms with Crippen molar-refractivity contribution in [1.29, 1.82) is 0 Å². The lowest BCUT2D eigenvalue weighted by Gasteiger charge is -2.50. The topological polar surface area (TPSA) is 32.5 Å². The van der Waals surface area contributed by atoms with Crippen LogP contribution in [0.15, 0.2) is 0 Å². The first-order chi connectivity index (χ1) is 8.44. The van der Waals surface area contributed by atoms with Crippen LogP contribution >= 0.6 is 0 Å². The fourth-order valence-electron chi connectivity index (χ4n) is 3.65. The molecule has 1 unspecified atom stereocenters. The van der Waals surface area contributed by atoms with Crippen LogP contribution in [0.25, 0.3) is 0 Å². The summed E-state index contributed by atoms with van der Waals surface area (Å²) in [4.78, 5) is 5.31. The minimum Gasteiger partial charge on any atom is -0.329 e. The third-order valence-electron chi connectivity index (χ3n) is 5.16. The molecule has 18 heavy (non-hydrogen) atoms. The van der Waals surface area contributed by atoms with Crippen LogP contribution in [-0.4, -0.2) is 53.6 Å². The molecule has 0 radical (unpaired) electrons. The number of piperazine rings is 1. The first-order valence-corrected chi connectivity index (χ1v) is 7.64. The van der Waals surface area contributed by atoms with Crippen LogP contribution in [0.1, 0.15) is 47.0 Å². The van der Waals surface area contributed by atoms with Crippen LogP contribution in [-0.2, 0) is 0 Å². The highest BCUT2D eigenvalue weighted by Crippen LogP contribution is 2.45. The van der Waals surface area contributed by atoms with Gasteiger partial charge in [-0.3, -0.25) is 9.80 Å². The second-order valence-corrected chi connectivity index (χ2v) is 7.08. The Balaban J connectivity index is 1.99. The molecule has 106 valence electrons. The molecule has 1 atom stereocenters. The van der Waals surface area contributed by atoms with Gasteiger partial charge < -0.3 is 5.73 Å². The molecule has 2 rings (SSSR count). The second kappa shape index (κ2) is 5.10. The van der Waals surface area contributed by atoms with E-state index in [9.17, 15) is 0 Å². The summed E-state index contributed by atoms with van der Waals surface area (Å²) in [5, 5.41) is 0. The van der Waals surface area contributed by atoms with E-state index in [1.54, 1.807) is 0 Å². The van der Waals surface area contributed by atoms with E-state index < -0.39 is 0 Å². The Morgan fingerprint density at radius 2 is 1.50 bits per heavy atom. The monoisotopic (exact) mass is 253 g/mol. The van der Waals surface area contributed by atoms with Crippen LogP contribution in [0, 0.1) is 5.92 Å². The summed E-state index contributed by atoms with van der Waals surface area (Å²) in [6.07, 6.45) is 4.00. The van der Waals surface area contributed by atoms with Gasteiger partial charge in [0, 0.05) is 43.8 Å². The lowest BCUT2D eigenvalue weighted by atomic mass is 9.87. The van der Waals surface area contributed by atoms with Crippen molar-refractivity contribution in [1.82, 2.24) is 9.80 Å². The normalized spacial score (nSPS) is 27.2. The van der Waals surface area contributed by atoms with Gasteiger partial charge in [-0.15, -0.1) is 0 Å². The largest absolute Gasteiger partial charge is 0.329 e. The van der Waals surface area contributed by atoms with Gasteiger partial charge in [0.1, 0.15) is 0 Å². The average Bonchev–Trinajstić information content (AvgIpc) is 3.16. The molecule has 0 aromatic carbocycles. The van der Waals surface area contributed by atoms with Crippen LogP contribution in [0.4, 0.5) is 0 Å². The molecular weight excluding hydrogens is 222 g/mol. The molecule has 2 fully saturated rings. The van der Waals surface area contributed by atoms with E-state index in [0.29, 0.717) is 11.1 Å². The van der Waals surface area contributed by atoms with E-state index in [0.717, 1.165) is 12.5 Å². The van der Waals surface area contributed by atoms with Gasteiger partial charge in [0.25, 0.3) is 0 Å². The Morgan fingerprint density at radius 1 is 1.00 bits per heavy atom. The molecule has 2 aliphatic rings. The fourth-order valence-corrected chi connectivity index (χ4v) is 3.65. The first-order valence-electron chi connectivity index (χ1n) is 7.64. The van der Waals surface area contributed by atoms with Gasteiger partial charge in [-0.1, -0.05) is 6.92 Å². The van der Waals surface area contributed by atoms with E-state index in [1.807, 2.05) is 0 Å². The predicted octanol–water partition coefficient (Wildman–Crippen LogP) is 1.92. The Bertz CT molecular complexity index is 266. The minimum absolute atomic E-state index is 0.309. The zero-order valence-electron chi connectivity index (χ0n) is 12.7. The van der Waals surface area contributed by atoms with E-state index >= 15 is 0 Å². The summed E-state index contributed by atoms with van der Waals surface area (Å²) >= 11 is 0. The maximum atomic E-state index is 6.16. The van der Waals surface area contributed by atoms with Gasteiger partial charge in [-0.2, -0.15) is 0 Å². The van der Waals surface area contributed by atoms with E-state index in [1.165, 1.54) is 45.4 Å². The Kier molecular flexibility index (Phi) is 4.05. The Labute approximate surface area is 113 Å².